The van der Waals surface area contributed by atoms with Crippen molar-refractivity contribution in [2.75, 3.05) is 6.26 Å². The number of thioether (sulfide) groups is 1. The highest BCUT2D eigenvalue weighted by atomic mass is 35.5. The summed E-state index contributed by atoms with van der Waals surface area (Å²) in [6, 6.07) is 0.0188. The molecular formula is C10H15ClN2O2S3. The first-order valence-corrected chi connectivity index (χ1v) is 9.58. The molecule has 0 bridgehead atoms. The first-order valence-electron chi connectivity index (χ1n) is 5.62. The van der Waals surface area contributed by atoms with E-state index in [1.54, 1.807) is 18.7 Å². The molecule has 1 aliphatic carbocycles. The first kappa shape index (κ1) is 14.6. The van der Waals surface area contributed by atoms with Crippen LogP contribution in [0.15, 0.2) is 4.21 Å². The number of rotatable bonds is 4. The Labute approximate surface area is 121 Å². The highest BCUT2D eigenvalue weighted by molar-refractivity contribution is 7.99. The monoisotopic (exact) mass is 326 g/mol. The van der Waals surface area contributed by atoms with Crippen molar-refractivity contribution in [1.82, 2.24) is 9.71 Å². The molecule has 1 fully saturated rings. The Hall–Kier alpha value is 0.180. The normalized spacial score (nSPS) is 24.6. The molecule has 2 rings (SSSR count). The van der Waals surface area contributed by atoms with Crippen molar-refractivity contribution in [1.29, 1.82) is 0 Å². The summed E-state index contributed by atoms with van der Waals surface area (Å²) < 4.78 is 27.8. The van der Waals surface area contributed by atoms with Crippen LogP contribution in [0.3, 0.4) is 0 Å². The quantitative estimate of drug-likeness (QED) is 0.924. The molecule has 2 unspecified atom stereocenters. The largest absolute Gasteiger partial charge is 0.252 e. The molecule has 18 heavy (non-hydrogen) atoms. The van der Waals surface area contributed by atoms with E-state index in [9.17, 15) is 8.42 Å². The Balaban J connectivity index is 2.19. The molecule has 2 atom stereocenters. The lowest BCUT2D eigenvalue weighted by atomic mass is 10.3. The van der Waals surface area contributed by atoms with Crippen LogP contribution in [-0.2, 0) is 10.0 Å². The SMILES string of the molecule is CSC1CCCC1NS(=O)(=O)c1sc(Cl)nc1C. The van der Waals surface area contributed by atoms with Gasteiger partial charge < -0.3 is 0 Å². The zero-order valence-electron chi connectivity index (χ0n) is 10.1. The van der Waals surface area contributed by atoms with Gasteiger partial charge in [0.2, 0.25) is 0 Å². The van der Waals surface area contributed by atoms with E-state index in [0.29, 0.717) is 10.9 Å². The zero-order valence-corrected chi connectivity index (χ0v) is 13.3. The first-order chi connectivity index (χ1) is 8.44. The minimum atomic E-state index is -3.49. The fourth-order valence-electron chi connectivity index (χ4n) is 2.20. The third kappa shape index (κ3) is 3.01. The van der Waals surface area contributed by atoms with Gasteiger partial charge in [-0.1, -0.05) is 29.4 Å². The second-order valence-electron chi connectivity index (χ2n) is 4.27. The average molecular weight is 327 g/mol. The summed E-state index contributed by atoms with van der Waals surface area (Å²) in [5.74, 6) is 0. The maximum absolute atomic E-state index is 12.3. The number of sulfonamides is 1. The lowest BCUT2D eigenvalue weighted by Gasteiger charge is -2.18. The Morgan fingerprint density at radius 2 is 2.22 bits per heavy atom. The van der Waals surface area contributed by atoms with Crippen LogP contribution in [0.4, 0.5) is 0 Å². The molecule has 1 N–H and O–H groups in total. The predicted molar refractivity (Wildman–Crippen MR) is 77.1 cm³/mol. The highest BCUT2D eigenvalue weighted by Crippen LogP contribution is 2.31. The van der Waals surface area contributed by atoms with Crippen molar-refractivity contribution in [2.45, 2.75) is 41.7 Å². The molecular weight excluding hydrogens is 312 g/mol. The second-order valence-corrected chi connectivity index (χ2v) is 8.84. The minimum absolute atomic E-state index is 0.0188. The fourth-order valence-corrected chi connectivity index (χ4v) is 6.28. The second kappa shape index (κ2) is 5.66. The number of hydrogen-bond acceptors (Lipinski definition) is 5. The molecule has 0 spiro atoms. The van der Waals surface area contributed by atoms with Gasteiger partial charge in [0.15, 0.2) is 8.68 Å². The molecule has 1 saturated carbocycles. The number of halogens is 1. The van der Waals surface area contributed by atoms with E-state index >= 15 is 0 Å². The maximum Gasteiger partial charge on any atom is 0.252 e. The van der Waals surface area contributed by atoms with E-state index in [0.717, 1.165) is 30.6 Å². The summed E-state index contributed by atoms with van der Waals surface area (Å²) >= 11 is 8.49. The lowest BCUT2D eigenvalue weighted by Crippen LogP contribution is -2.38. The van der Waals surface area contributed by atoms with Crippen molar-refractivity contribution in [3.63, 3.8) is 0 Å². The summed E-state index contributed by atoms with van der Waals surface area (Å²) in [4.78, 5) is 3.95. The van der Waals surface area contributed by atoms with E-state index < -0.39 is 10.0 Å². The number of aryl methyl sites for hydroxylation is 1. The molecule has 0 aliphatic heterocycles. The van der Waals surface area contributed by atoms with Gasteiger partial charge in [0, 0.05) is 11.3 Å². The van der Waals surface area contributed by atoms with Gasteiger partial charge in [0.05, 0.1) is 5.69 Å². The predicted octanol–water partition coefficient (Wildman–Crippen LogP) is 2.67. The van der Waals surface area contributed by atoms with Crippen molar-refractivity contribution < 1.29 is 8.42 Å². The number of aromatic nitrogens is 1. The Kier molecular flexibility index (Phi) is 4.59. The van der Waals surface area contributed by atoms with E-state index in [2.05, 4.69) is 9.71 Å². The summed E-state index contributed by atoms with van der Waals surface area (Å²) in [5, 5.41) is 0.364. The van der Waals surface area contributed by atoms with E-state index in [4.69, 9.17) is 11.6 Å². The van der Waals surface area contributed by atoms with Crippen molar-refractivity contribution in [3.05, 3.63) is 10.2 Å². The van der Waals surface area contributed by atoms with Crippen molar-refractivity contribution in [2.24, 2.45) is 0 Å². The summed E-state index contributed by atoms with van der Waals surface area (Å²) in [7, 11) is -3.49. The van der Waals surface area contributed by atoms with E-state index in [1.807, 2.05) is 6.26 Å². The Morgan fingerprint density at radius 3 is 2.78 bits per heavy atom. The third-order valence-corrected chi connectivity index (χ3v) is 7.56. The smallest absolute Gasteiger partial charge is 0.229 e. The topological polar surface area (TPSA) is 59.1 Å². The van der Waals surface area contributed by atoms with Gasteiger partial charge >= 0.3 is 0 Å². The molecule has 8 heteroatoms. The van der Waals surface area contributed by atoms with Crippen LogP contribution < -0.4 is 4.72 Å². The van der Waals surface area contributed by atoms with E-state index in [1.165, 1.54) is 0 Å². The highest BCUT2D eigenvalue weighted by Gasteiger charge is 2.32. The third-order valence-electron chi connectivity index (χ3n) is 3.03. The van der Waals surface area contributed by atoms with Gasteiger partial charge in [0.1, 0.15) is 0 Å². The van der Waals surface area contributed by atoms with Crippen LogP contribution in [0.1, 0.15) is 25.0 Å². The number of nitrogens with one attached hydrogen (secondary N) is 1. The number of nitrogens with zero attached hydrogens (tertiary/aromatic N) is 1. The molecule has 0 saturated heterocycles. The Bertz CT molecular complexity index is 529. The Morgan fingerprint density at radius 1 is 1.50 bits per heavy atom. The van der Waals surface area contributed by atoms with Crippen LogP contribution in [-0.4, -0.2) is 30.9 Å². The van der Waals surface area contributed by atoms with Crippen LogP contribution in [0.5, 0.6) is 0 Å². The zero-order chi connectivity index (χ0) is 13.3. The van der Waals surface area contributed by atoms with Crippen LogP contribution in [0, 0.1) is 6.92 Å². The summed E-state index contributed by atoms with van der Waals surface area (Å²) in [6.45, 7) is 1.66. The molecule has 1 aromatic heterocycles. The maximum atomic E-state index is 12.3. The number of hydrogen-bond donors (Lipinski definition) is 1. The molecule has 1 aromatic rings. The van der Waals surface area contributed by atoms with Crippen LogP contribution >= 0.6 is 34.7 Å². The van der Waals surface area contributed by atoms with Crippen molar-refractivity contribution >= 4 is 44.7 Å². The van der Waals surface area contributed by atoms with Gasteiger partial charge in [-0.2, -0.15) is 11.8 Å². The van der Waals surface area contributed by atoms with Gasteiger partial charge in [-0.25, -0.2) is 18.1 Å². The summed E-state index contributed by atoms with van der Waals surface area (Å²) in [5.41, 5.74) is 0.469. The van der Waals surface area contributed by atoms with E-state index in [-0.39, 0.29) is 14.7 Å². The molecule has 4 nitrogen and oxygen atoms in total. The molecule has 1 heterocycles. The minimum Gasteiger partial charge on any atom is -0.229 e. The van der Waals surface area contributed by atoms with Gasteiger partial charge in [-0.05, 0) is 26.0 Å². The standard InChI is InChI=1S/C10H15ClN2O2S3/c1-6-9(17-10(11)12-6)18(14,15)13-7-4-3-5-8(7)16-2/h7-8,13H,3-5H2,1-2H3. The fraction of sp³-hybridized carbons (Fsp3) is 0.700. The van der Waals surface area contributed by atoms with Crippen LogP contribution in [0.25, 0.3) is 0 Å². The van der Waals surface area contributed by atoms with Gasteiger partial charge in [-0.3, -0.25) is 0 Å². The molecule has 0 aromatic carbocycles. The number of thiazole rings is 1. The van der Waals surface area contributed by atoms with Crippen molar-refractivity contribution in [3.8, 4) is 0 Å². The lowest BCUT2D eigenvalue weighted by molar-refractivity contribution is 0.556. The average Bonchev–Trinajstić information content (AvgIpc) is 2.84. The molecule has 102 valence electrons. The molecule has 0 amide bonds. The van der Waals surface area contributed by atoms with Gasteiger partial charge in [0.25, 0.3) is 10.0 Å². The molecule has 1 aliphatic rings. The van der Waals surface area contributed by atoms with Gasteiger partial charge in [-0.15, -0.1) is 0 Å². The summed E-state index contributed by atoms with van der Waals surface area (Å²) in [6.07, 6.45) is 5.06. The molecule has 0 radical (unpaired) electrons. The van der Waals surface area contributed by atoms with Crippen LogP contribution in [0.2, 0.25) is 4.47 Å².